The van der Waals surface area contributed by atoms with Gasteiger partial charge < -0.3 is 16.4 Å². The molecule has 1 fully saturated rings. The van der Waals surface area contributed by atoms with Crippen LogP contribution in [0, 0.1) is 5.92 Å². The molecule has 0 aliphatic heterocycles. The average molecular weight is 346 g/mol. The van der Waals surface area contributed by atoms with E-state index in [0.717, 1.165) is 19.3 Å². The third kappa shape index (κ3) is 5.16. The van der Waals surface area contributed by atoms with Gasteiger partial charge >= 0.3 is 0 Å². The van der Waals surface area contributed by atoms with Crippen molar-refractivity contribution in [3.63, 3.8) is 0 Å². The van der Waals surface area contributed by atoms with Gasteiger partial charge in [-0.2, -0.15) is 0 Å². The Morgan fingerprint density at radius 2 is 1.95 bits per heavy atom. The number of halogens is 2. The van der Waals surface area contributed by atoms with Crippen LogP contribution in [-0.2, 0) is 9.59 Å². The summed E-state index contributed by atoms with van der Waals surface area (Å²) in [4.78, 5) is 23.5. The Labute approximate surface area is 141 Å². The molecule has 0 bridgehead atoms. The summed E-state index contributed by atoms with van der Waals surface area (Å²) in [6.45, 7) is 1.41. The van der Waals surface area contributed by atoms with Gasteiger partial charge in [0.05, 0.1) is 11.4 Å². The van der Waals surface area contributed by atoms with Crippen LogP contribution in [0.5, 0.6) is 0 Å². The van der Waals surface area contributed by atoms with E-state index in [0.29, 0.717) is 22.8 Å². The highest BCUT2D eigenvalue weighted by molar-refractivity contribution is 6.31. The van der Waals surface area contributed by atoms with Crippen molar-refractivity contribution < 1.29 is 9.59 Å². The Morgan fingerprint density at radius 3 is 2.59 bits per heavy atom. The number of hydrogen-bond donors (Lipinski definition) is 3. The van der Waals surface area contributed by atoms with Gasteiger partial charge in [-0.3, -0.25) is 9.59 Å². The lowest BCUT2D eigenvalue weighted by molar-refractivity contribution is -0.121. The summed E-state index contributed by atoms with van der Waals surface area (Å²) in [7, 11) is 0. The minimum Gasteiger partial charge on any atom is -0.328 e. The van der Waals surface area contributed by atoms with Crippen molar-refractivity contribution in [2.75, 3.05) is 10.6 Å². The molecule has 0 radical (unpaired) electrons. The molecule has 22 heavy (non-hydrogen) atoms. The van der Waals surface area contributed by atoms with Crippen molar-refractivity contribution in [1.29, 1.82) is 0 Å². The van der Waals surface area contributed by atoms with Crippen molar-refractivity contribution in [1.82, 2.24) is 0 Å². The van der Waals surface area contributed by atoms with Gasteiger partial charge in [0.2, 0.25) is 11.8 Å². The molecule has 2 amide bonds. The largest absolute Gasteiger partial charge is 0.328 e. The molecule has 5 nitrogen and oxygen atoms in total. The topological polar surface area (TPSA) is 84.2 Å². The summed E-state index contributed by atoms with van der Waals surface area (Å²) in [6, 6.07) is 5.07. The van der Waals surface area contributed by atoms with Crippen LogP contribution in [0.3, 0.4) is 0 Å². The van der Waals surface area contributed by atoms with Gasteiger partial charge in [-0.05, 0) is 37.5 Å². The second-order valence-electron chi connectivity index (χ2n) is 5.48. The van der Waals surface area contributed by atoms with Crippen LogP contribution in [0.1, 0.15) is 32.6 Å². The standard InChI is InChI=1S/C15H20ClN3O2.ClH/c1-9(20)18-14-8-11(16)5-6-13(14)19-15(21)10-3-2-4-12(17)7-10;/h5-6,8,10,12H,2-4,7,17H2,1H3,(H,18,20)(H,19,21);1H. The van der Waals surface area contributed by atoms with E-state index < -0.39 is 0 Å². The first-order chi connectivity index (χ1) is 9.95. The molecule has 122 valence electrons. The lowest BCUT2D eigenvalue weighted by atomic mass is 9.85. The fourth-order valence-electron chi connectivity index (χ4n) is 2.62. The van der Waals surface area contributed by atoms with E-state index in [1.54, 1.807) is 18.2 Å². The van der Waals surface area contributed by atoms with E-state index in [2.05, 4.69) is 10.6 Å². The minimum absolute atomic E-state index is 0. The van der Waals surface area contributed by atoms with Crippen molar-refractivity contribution in [3.8, 4) is 0 Å². The van der Waals surface area contributed by atoms with Crippen LogP contribution >= 0.6 is 24.0 Å². The molecule has 2 rings (SSSR count). The predicted octanol–water partition coefficient (Wildman–Crippen LogP) is 3.18. The van der Waals surface area contributed by atoms with Gasteiger partial charge in [0, 0.05) is 23.9 Å². The number of rotatable bonds is 3. The van der Waals surface area contributed by atoms with E-state index in [4.69, 9.17) is 17.3 Å². The number of hydrogen-bond acceptors (Lipinski definition) is 3. The van der Waals surface area contributed by atoms with Crippen LogP contribution in [0.2, 0.25) is 5.02 Å². The maximum absolute atomic E-state index is 12.3. The smallest absolute Gasteiger partial charge is 0.227 e. The molecular formula is C15H21Cl2N3O2. The molecule has 0 spiro atoms. The fraction of sp³-hybridized carbons (Fsp3) is 0.467. The Hall–Kier alpha value is -1.30. The molecule has 1 aromatic carbocycles. The minimum atomic E-state index is -0.215. The maximum atomic E-state index is 12.3. The highest BCUT2D eigenvalue weighted by Crippen LogP contribution is 2.29. The monoisotopic (exact) mass is 345 g/mol. The molecule has 0 aromatic heterocycles. The highest BCUT2D eigenvalue weighted by atomic mass is 35.5. The SMILES string of the molecule is CC(=O)Nc1cc(Cl)ccc1NC(=O)C1CCCC(N)C1.Cl. The summed E-state index contributed by atoms with van der Waals surface area (Å²) in [6.07, 6.45) is 3.50. The van der Waals surface area contributed by atoms with Crippen LogP contribution in [0.25, 0.3) is 0 Å². The molecular weight excluding hydrogens is 325 g/mol. The number of carbonyl (C=O) groups is 2. The van der Waals surface area contributed by atoms with E-state index in [-0.39, 0.29) is 36.2 Å². The summed E-state index contributed by atoms with van der Waals surface area (Å²) in [5, 5.41) is 6.03. The Bertz CT molecular complexity index is 552. The normalized spacial score (nSPS) is 20.7. The Kier molecular flexibility index (Phi) is 7.13. The van der Waals surface area contributed by atoms with Gasteiger partial charge in [0.1, 0.15) is 0 Å². The zero-order valence-corrected chi connectivity index (χ0v) is 14.0. The van der Waals surface area contributed by atoms with Crippen LogP contribution in [-0.4, -0.2) is 17.9 Å². The van der Waals surface area contributed by atoms with Crippen molar-refractivity contribution in [2.24, 2.45) is 11.7 Å². The number of benzene rings is 1. The Morgan fingerprint density at radius 1 is 1.23 bits per heavy atom. The van der Waals surface area contributed by atoms with Gasteiger partial charge in [-0.15, -0.1) is 12.4 Å². The van der Waals surface area contributed by atoms with Crippen molar-refractivity contribution >= 4 is 47.2 Å². The van der Waals surface area contributed by atoms with Crippen molar-refractivity contribution in [3.05, 3.63) is 23.2 Å². The molecule has 1 saturated carbocycles. The number of amides is 2. The second kappa shape index (κ2) is 8.36. The van der Waals surface area contributed by atoms with E-state index in [1.165, 1.54) is 6.92 Å². The zero-order valence-electron chi connectivity index (χ0n) is 12.4. The van der Waals surface area contributed by atoms with Gasteiger partial charge in [0.25, 0.3) is 0 Å². The summed E-state index contributed by atoms with van der Waals surface area (Å²) in [5.74, 6) is -0.346. The van der Waals surface area contributed by atoms with E-state index >= 15 is 0 Å². The highest BCUT2D eigenvalue weighted by Gasteiger charge is 2.25. The zero-order chi connectivity index (χ0) is 15.4. The average Bonchev–Trinajstić information content (AvgIpc) is 2.41. The number of carbonyl (C=O) groups excluding carboxylic acids is 2. The molecule has 1 aliphatic rings. The number of nitrogens with one attached hydrogen (secondary N) is 2. The van der Waals surface area contributed by atoms with Gasteiger partial charge in [-0.1, -0.05) is 18.0 Å². The van der Waals surface area contributed by atoms with Crippen LogP contribution in [0.4, 0.5) is 11.4 Å². The van der Waals surface area contributed by atoms with Crippen LogP contribution < -0.4 is 16.4 Å². The first-order valence-corrected chi connectivity index (χ1v) is 7.47. The van der Waals surface area contributed by atoms with E-state index in [1.807, 2.05) is 0 Å². The van der Waals surface area contributed by atoms with Crippen molar-refractivity contribution in [2.45, 2.75) is 38.6 Å². The first kappa shape index (κ1) is 18.7. The van der Waals surface area contributed by atoms with Gasteiger partial charge in [-0.25, -0.2) is 0 Å². The number of nitrogens with two attached hydrogens (primary N) is 1. The quantitative estimate of drug-likeness (QED) is 0.786. The van der Waals surface area contributed by atoms with Crippen LogP contribution in [0.15, 0.2) is 18.2 Å². The molecule has 2 atom stereocenters. The number of anilines is 2. The third-order valence-corrected chi connectivity index (χ3v) is 3.87. The summed E-state index contributed by atoms with van der Waals surface area (Å²) in [5.41, 5.74) is 6.98. The maximum Gasteiger partial charge on any atom is 0.227 e. The molecule has 0 heterocycles. The fourth-order valence-corrected chi connectivity index (χ4v) is 2.79. The molecule has 1 aliphatic carbocycles. The molecule has 0 saturated heterocycles. The molecule has 1 aromatic rings. The van der Waals surface area contributed by atoms with E-state index in [9.17, 15) is 9.59 Å². The van der Waals surface area contributed by atoms with Gasteiger partial charge in [0.15, 0.2) is 0 Å². The Balaban J connectivity index is 0.00000242. The molecule has 7 heteroatoms. The second-order valence-corrected chi connectivity index (χ2v) is 5.92. The lowest BCUT2D eigenvalue weighted by Gasteiger charge is -2.26. The molecule has 4 N–H and O–H groups in total. The first-order valence-electron chi connectivity index (χ1n) is 7.09. The predicted molar refractivity (Wildman–Crippen MR) is 91.6 cm³/mol. The molecule has 2 unspecified atom stereocenters. The third-order valence-electron chi connectivity index (χ3n) is 3.64. The summed E-state index contributed by atoms with van der Waals surface area (Å²) >= 11 is 5.92. The summed E-state index contributed by atoms with van der Waals surface area (Å²) < 4.78 is 0. The lowest BCUT2D eigenvalue weighted by Crippen LogP contribution is -2.34.